The van der Waals surface area contributed by atoms with Gasteiger partial charge in [-0.05, 0) is 24.5 Å². The molecule has 0 saturated heterocycles. The summed E-state index contributed by atoms with van der Waals surface area (Å²) in [7, 11) is 0. The molecule has 0 saturated carbocycles. The summed E-state index contributed by atoms with van der Waals surface area (Å²) in [5.41, 5.74) is 2.03. The highest BCUT2D eigenvalue weighted by molar-refractivity contribution is 5.54. The Hall–Kier alpha value is -1.92. The quantitative estimate of drug-likeness (QED) is 0.501. The smallest absolute Gasteiger partial charge is 0.231 e. The van der Waals surface area contributed by atoms with Crippen molar-refractivity contribution < 1.29 is 14.6 Å². The number of ether oxygens (including phenoxy) is 2. The standard InChI is InChI=1S/C15H16O3/c1-2-6-12-9-14-15(18-11-17-14)10-13(12)7-4-3-5-8-16/h2,9-10,16H,1,3,5-6,8,11H2. The lowest BCUT2D eigenvalue weighted by Gasteiger charge is -2.04. The van der Waals surface area contributed by atoms with E-state index in [-0.39, 0.29) is 13.4 Å². The first-order chi connectivity index (χ1) is 8.85. The first-order valence-electron chi connectivity index (χ1n) is 5.98. The van der Waals surface area contributed by atoms with Crippen molar-refractivity contribution in [3.63, 3.8) is 0 Å². The number of unbranched alkanes of at least 4 members (excludes halogenated alkanes) is 1. The fraction of sp³-hybridized carbons (Fsp3) is 0.333. The molecular weight excluding hydrogens is 228 g/mol. The predicted octanol–water partition coefficient (Wildman–Crippen LogP) is 2.27. The van der Waals surface area contributed by atoms with Crippen molar-refractivity contribution in [3.05, 3.63) is 35.9 Å². The molecule has 0 bridgehead atoms. The minimum Gasteiger partial charge on any atom is -0.454 e. The fourth-order valence-electron chi connectivity index (χ4n) is 1.75. The number of benzene rings is 1. The van der Waals surface area contributed by atoms with Crippen LogP contribution in [0.2, 0.25) is 0 Å². The van der Waals surface area contributed by atoms with Crippen LogP contribution in [0.3, 0.4) is 0 Å². The van der Waals surface area contributed by atoms with E-state index in [0.29, 0.717) is 12.8 Å². The summed E-state index contributed by atoms with van der Waals surface area (Å²) in [5, 5.41) is 8.71. The number of allylic oxidation sites excluding steroid dienone is 1. The summed E-state index contributed by atoms with van der Waals surface area (Å²) in [6.45, 7) is 4.19. The summed E-state index contributed by atoms with van der Waals surface area (Å²) in [5.74, 6) is 7.69. The molecule has 1 aliphatic rings. The monoisotopic (exact) mass is 244 g/mol. The molecule has 0 aliphatic carbocycles. The van der Waals surface area contributed by atoms with Crippen molar-refractivity contribution in [2.75, 3.05) is 13.4 Å². The second kappa shape index (κ2) is 6.13. The molecule has 1 aliphatic heterocycles. The number of fused-ring (bicyclic) bond motifs is 1. The van der Waals surface area contributed by atoms with Crippen LogP contribution < -0.4 is 9.47 Å². The summed E-state index contributed by atoms with van der Waals surface area (Å²) in [4.78, 5) is 0. The van der Waals surface area contributed by atoms with E-state index < -0.39 is 0 Å². The van der Waals surface area contributed by atoms with Gasteiger partial charge >= 0.3 is 0 Å². The molecule has 3 nitrogen and oxygen atoms in total. The number of rotatable bonds is 4. The van der Waals surface area contributed by atoms with Gasteiger partial charge in [-0.25, -0.2) is 0 Å². The lowest BCUT2D eigenvalue weighted by Crippen LogP contribution is -1.92. The molecule has 0 aromatic heterocycles. The molecule has 0 spiro atoms. The highest BCUT2D eigenvalue weighted by Crippen LogP contribution is 2.34. The molecule has 0 radical (unpaired) electrons. The van der Waals surface area contributed by atoms with Crippen molar-refractivity contribution in [2.24, 2.45) is 0 Å². The minimum absolute atomic E-state index is 0.176. The highest BCUT2D eigenvalue weighted by Gasteiger charge is 2.15. The van der Waals surface area contributed by atoms with Crippen LogP contribution in [-0.4, -0.2) is 18.5 Å². The number of aliphatic hydroxyl groups excluding tert-OH is 1. The molecular formula is C15H16O3. The first-order valence-corrected chi connectivity index (χ1v) is 5.98. The largest absolute Gasteiger partial charge is 0.454 e. The number of aliphatic hydroxyl groups is 1. The maximum atomic E-state index is 8.71. The molecule has 1 aromatic carbocycles. The van der Waals surface area contributed by atoms with Gasteiger partial charge in [0.1, 0.15) is 0 Å². The lowest BCUT2D eigenvalue weighted by atomic mass is 10.0. The van der Waals surface area contributed by atoms with Crippen LogP contribution in [0.1, 0.15) is 24.0 Å². The molecule has 0 atom stereocenters. The second-order valence-electron chi connectivity index (χ2n) is 3.98. The molecule has 18 heavy (non-hydrogen) atoms. The van der Waals surface area contributed by atoms with Crippen LogP contribution in [0.4, 0.5) is 0 Å². The van der Waals surface area contributed by atoms with Crippen LogP contribution in [0, 0.1) is 11.8 Å². The highest BCUT2D eigenvalue weighted by atomic mass is 16.7. The van der Waals surface area contributed by atoms with Crippen LogP contribution in [0.25, 0.3) is 0 Å². The van der Waals surface area contributed by atoms with E-state index in [0.717, 1.165) is 29.0 Å². The Kier molecular flexibility index (Phi) is 4.27. The van der Waals surface area contributed by atoms with Crippen LogP contribution in [0.15, 0.2) is 24.8 Å². The maximum Gasteiger partial charge on any atom is 0.231 e. The van der Waals surface area contributed by atoms with Gasteiger partial charge in [-0.2, -0.15) is 0 Å². The fourth-order valence-corrected chi connectivity index (χ4v) is 1.75. The Morgan fingerprint density at radius 2 is 2.11 bits per heavy atom. The summed E-state index contributed by atoms with van der Waals surface area (Å²) < 4.78 is 10.7. The number of hydrogen-bond donors (Lipinski definition) is 1. The Bertz CT molecular complexity index is 494. The Morgan fingerprint density at radius 1 is 1.33 bits per heavy atom. The van der Waals surface area contributed by atoms with Gasteiger partial charge in [-0.15, -0.1) is 6.58 Å². The zero-order valence-electron chi connectivity index (χ0n) is 10.2. The van der Waals surface area contributed by atoms with Crippen molar-refractivity contribution in [2.45, 2.75) is 19.3 Å². The SMILES string of the molecule is C=CCc1cc2c(cc1C#CCCCO)OCO2. The molecule has 2 rings (SSSR count). The third-order valence-electron chi connectivity index (χ3n) is 2.65. The Labute approximate surface area is 107 Å². The predicted molar refractivity (Wildman–Crippen MR) is 69.7 cm³/mol. The summed E-state index contributed by atoms with van der Waals surface area (Å²) >= 11 is 0. The molecule has 0 fully saturated rings. The molecule has 1 N–H and O–H groups in total. The molecule has 1 aromatic rings. The van der Waals surface area contributed by atoms with Crippen LogP contribution in [0.5, 0.6) is 11.5 Å². The maximum absolute atomic E-state index is 8.71. The van der Waals surface area contributed by atoms with Gasteiger partial charge in [-0.1, -0.05) is 17.9 Å². The average Bonchev–Trinajstić information content (AvgIpc) is 2.82. The van der Waals surface area contributed by atoms with Gasteiger partial charge < -0.3 is 14.6 Å². The summed E-state index contributed by atoms with van der Waals surface area (Å²) in [6.07, 6.45) is 3.99. The minimum atomic E-state index is 0.176. The van der Waals surface area contributed by atoms with Gasteiger partial charge in [0.05, 0.1) is 0 Å². The van der Waals surface area contributed by atoms with E-state index in [1.54, 1.807) is 0 Å². The molecule has 0 unspecified atom stereocenters. The topological polar surface area (TPSA) is 38.7 Å². The zero-order valence-corrected chi connectivity index (χ0v) is 10.2. The Morgan fingerprint density at radius 3 is 2.83 bits per heavy atom. The lowest BCUT2D eigenvalue weighted by molar-refractivity contribution is 0.174. The van der Waals surface area contributed by atoms with Gasteiger partial charge in [0.15, 0.2) is 11.5 Å². The van der Waals surface area contributed by atoms with E-state index >= 15 is 0 Å². The van der Waals surface area contributed by atoms with Crippen LogP contribution in [-0.2, 0) is 6.42 Å². The van der Waals surface area contributed by atoms with E-state index in [4.69, 9.17) is 14.6 Å². The summed E-state index contributed by atoms with van der Waals surface area (Å²) in [6, 6.07) is 3.87. The Balaban J connectivity index is 2.25. The molecule has 3 heteroatoms. The van der Waals surface area contributed by atoms with Gasteiger partial charge in [0, 0.05) is 24.7 Å². The normalized spacial score (nSPS) is 11.8. The van der Waals surface area contributed by atoms with E-state index in [1.165, 1.54) is 0 Å². The van der Waals surface area contributed by atoms with E-state index in [1.807, 2.05) is 18.2 Å². The van der Waals surface area contributed by atoms with Gasteiger partial charge in [-0.3, -0.25) is 0 Å². The third kappa shape index (κ3) is 2.85. The zero-order chi connectivity index (χ0) is 12.8. The van der Waals surface area contributed by atoms with Crippen molar-refractivity contribution in [1.82, 2.24) is 0 Å². The van der Waals surface area contributed by atoms with Crippen molar-refractivity contribution in [3.8, 4) is 23.3 Å². The van der Waals surface area contributed by atoms with E-state index in [2.05, 4.69) is 18.4 Å². The number of hydrogen-bond acceptors (Lipinski definition) is 3. The van der Waals surface area contributed by atoms with Crippen molar-refractivity contribution in [1.29, 1.82) is 0 Å². The van der Waals surface area contributed by atoms with Crippen molar-refractivity contribution >= 4 is 0 Å². The van der Waals surface area contributed by atoms with E-state index in [9.17, 15) is 0 Å². The van der Waals surface area contributed by atoms with Gasteiger partial charge in [0.25, 0.3) is 0 Å². The van der Waals surface area contributed by atoms with Crippen LogP contribution >= 0.6 is 0 Å². The average molecular weight is 244 g/mol. The second-order valence-corrected chi connectivity index (χ2v) is 3.98. The van der Waals surface area contributed by atoms with Gasteiger partial charge in [0.2, 0.25) is 6.79 Å². The third-order valence-corrected chi connectivity index (χ3v) is 2.65. The first kappa shape index (κ1) is 12.5. The molecule has 94 valence electrons. The molecule has 0 amide bonds. The molecule has 1 heterocycles.